The number of hydrogen-bond donors (Lipinski definition) is 41. The lowest BCUT2D eigenvalue weighted by Gasteiger charge is -2.50. The number of aliphatic hydroxyl groups excluding tert-OH is 40. The van der Waals surface area contributed by atoms with Gasteiger partial charge in [-0.15, -0.1) is 0 Å². The summed E-state index contributed by atoms with van der Waals surface area (Å²) >= 11 is 0. The molecule has 13 saturated heterocycles. The normalized spacial score (nSPS) is 55.1. The van der Waals surface area contributed by atoms with Crippen molar-refractivity contribution < 1.29 is 318 Å². The molecular weight excluding hydrogens is 1990 g/mol. The molecule has 66 unspecified atom stereocenters. The van der Waals surface area contributed by atoms with Gasteiger partial charge in [-0.25, -0.2) is 0 Å². The fourth-order valence-electron chi connectivity index (χ4n) is 20.0. The number of rotatable bonds is 36. The molecule has 0 aromatic heterocycles. The van der Waals surface area contributed by atoms with E-state index in [0.717, 1.165) is 0 Å². The SMILES string of the molecule is CC1OC(OC2C(CO)OC(OC3C(CO)OC(OC4C(CO)OC(OC5C(CO)OC(OC6C(CO)OC(O)C(O)C6O)C(O)C5O)C(O)C4O)C(O)C3O)C(O)C2O)C(O)C(O)C1NC1C(O)C(O)C(OC2OC(CO)C(OC3OC(CO)C(OC4OC(CO)C(OC5OC(CO)C(OC6OC(CO)C(OC7OC(CO)C(O)C(O)C7O)C(O)C6O)C(O)C5O)C(O)C4O)C(O)C3O)C(O)C2O)C2(CO)OC12. The van der Waals surface area contributed by atoms with Crippen LogP contribution in [-0.4, -0.2) is 688 Å². The van der Waals surface area contributed by atoms with Crippen molar-refractivity contribution in [1.29, 1.82) is 0 Å². The topological polar surface area (TPSA) is 1050 Å². The van der Waals surface area contributed by atoms with E-state index in [1.54, 1.807) is 0 Å². The molecule has 13 aliphatic heterocycles. The summed E-state index contributed by atoms with van der Waals surface area (Å²) in [5.74, 6) is 0. The average Bonchev–Trinajstić information content (AvgIpc) is 1.53. The zero-order valence-electron chi connectivity index (χ0n) is 75.7. The van der Waals surface area contributed by atoms with Crippen LogP contribution >= 0.6 is 0 Å². The third-order valence-corrected chi connectivity index (χ3v) is 28.4. The molecule has 14 fully saturated rings. The summed E-state index contributed by atoms with van der Waals surface area (Å²) in [6, 6.07) is -3.07. The molecule has 0 amide bonds. The molecular formula is C79H133NO64. The molecule has 14 rings (SSSR count). The molecule has 41 N–H and O–H groups in total. The number of fused-ring (bicyclic) bond motifs is 1. The average molecular weight is 2120 g/mol. The highest BCUT2D eigenvalue weighted by Crippen LogP contribution is 2.52. The first kappa shape index (κ1) is 117. The maximum Gasteiger partial charge on any atom is 0.187 e. The van der Waals surface area contributed by atoms with E-state index in [1.165, 1.54) is 6.92 Å². The van der Waals surface area contributed by atoms with Gasteiger partial charge in [0.2, 0.25) is 0 Å². The Kier molecular flexibility index (Phi) is 40.0. The molecule has 65 heteroatoms. The largest absolute Gasteiger partial charge is 0.394 e. The van der Waals surface area contributed by atoms with Crippen molar-refractivity contribution in [2.45, 2.75) is 411 Å². The van der Waals surface area contributed by atoms with E-state index >= 15 is 0 Å². The van der Waals surface area contributed by atoms with Crippen LogP contribution < -0.4 is 5.32 Å². The van der Waals surface area contributed by atoms with Crippen molar-refractivity contribution in [1.82, 2.24) is 5.32 Å². The van der Waals surface area contributed by atoms with Gasteiger partial charge < -0.3 is 323 Å². The van der Waals surface area contributed by atoms with E-state index in [1.807, 2.05) is 0 Å². The molecule has 65 nitrogen and oxygen atoms in total. The minimum Gasteiger partial charge on any atom is -0.394 e. The Balaban J connectivity index is 0.532. The van der Waals surface area contributed by atoms with Gasteiger partial charge in [0, 0.05) is 0 Å². The van der Waals surface area contributed by atoms with Gasteiger partial charge in [0.1, 0.15) is 311 Å². The van der Waals surface area contributed by atoms with Crippen LogP contribution in [0.3, 0.4) is 0 Å². The van der Waals surface area contributed by atoms with Crippen molar-refractivity contribution in [3.8, 4) is 0 Å². The molecule has 838 valence electrons. The molecule has 1 saturated carbocycles. The third-order valence-electron chi connectivity index (χ3n) is 28.4. The summed E-state index contributed by atoms with van der Waals surface area (Å²) in [4.78, 5) is 0. The monoisotopic (exact) mass is 2120 g/mol. The minimum absolute atomic E-state index is 0.880. The van der Waals surface area contributed by atoms with Crippen LogP contribution in [0.15, 0.2) is 0 Å². The number of hydrogen-bond acceptors (Lipinski definition) is 65. The molecule has 0 aromatic carbocycles. The lowest BCUT2D eigenvalue weighted by Crippen LogP contribution is -2.71. The number of epoxide rings is 1. The summed E-state index contributed by atoms with van der Waals surface area (Å²) in [7, 11) is 0. The van der Waals surface area contributed by atoms with Crippen molar-refractivity contribution in [3.05, 3.63) is 0 Å². The van der Waals surface area contributed by atoms with Gasteiger partial charge in [-0.3, -0.25) is 0 Å². The van der Waals surface area contributed by atoms with Crippen LogP contribution in [-0.2, 0) is 114 Å². The Morgan fingerprint density at radius 1 is 0.188 bits per heavy atom. The second-order valence-corrected chi connectivity index (χ2v) is 37.4. The van der Waals surface area contributed by atoms with E-state index in [9.17, 15) is 204 Å². The van der Waals surface area contributed by atoms with Crippen LogP contribution in [0.25, 0.3) is 0 Å². The van der Waals surface area contributed by atoms with Gasteiger partial charge in [0.15, 0.2) is 75.5 Å². The molecule has 0 radical (unpaired) electrons. The first-order chi connectivity index (χ1) is 68.3. The van der Waals surface area contributed by atoms with E-state index < -0.39 is 484 Å². The molecule has 0 bridgehead atoms. The fraction of sp³-hybridized carbons (Fsp3) is 1.00. The zero-order chi connectivity index (χ0) is 105. The van der Waals surface area contributed by atoms with Crippen molar-refractivity contribution in [3.63, 3.8) is 0 Å². The molecule has 14 aliphatic rings. The second-order valence-electron chi connectivity index (χ2n) is 37.4. The lowest BCUT2D eigenvalue weighted by molar-refractivity contribution is -0.397. The van der Waals surface area contributed by atoms with E-state index in [-0.39, 0.29) is 0 Å². The first-order valence-corrected chi connectivity index (χ1v) is 46.2. The Morgan fingerprint density at radius 3 is 0.604 bits per heavy atom. The summed E-state index contributed by atoms with van der Waals surface area (Å²) in [5, 5.41) is 442. The first-order valence-electron chi connectivity index (χ1n) is 46.2. The molecule has 144 heavy (non-hydrogen) atoms. The highest BCUT2D eigenvalue weighted by Gasteiger charge is 2.74. The summed E-state index contributed by atoms with van der Waals surface area (Å²) in [5.41, 5.74) is -2.07. The summed E-state index contributed by atoms with van der Waals surface area (Å²) in [6.45, 7) is -11.5. The van der Waals surface area contributed by atoms with Crippen LogP contribution in [0.1, 0.15) is 6.92 Å². The van der Waals surface area contributed by atoms with Gasteiger partial charge in [0.05, 0.1) is 97.5 Å². The van der Waals surface area contributed by atoms with Crippen molar-refractivity contribution in [2.24, 2.45) is 0 Å². The van der Waals surface area contributed by atoms with E-state index in [2.05, 4.69) is 5.32 Å². The minimum atomic E-state index is -2.34. The molecule has 1 aliphatic carbocycles. The maximum absolute atomic E-state index is 11.8. The van der Waals surface area contributed by atoms with Gasteiger partial charge in [-0.05, 0) is 6.92 Å². The maximum atomic E-state index is 11.8. The van der Waals surface area contributed by atoms with Crippen LogP contribution in [0, 0.1) is 0 Å². The van der Waals surface area contributed by atoms with Gasteiger partial charge in [0.25, 0.3) is 0 Å². The predicted octanol–water partition coefficient (Wildman–Crippen LogP) is -28.9. The highest BCUT2D eigenvalue weighted by atomic mass is 16.8. The van der Waals surface area contributed by atoms with E-state index in [0.29, 0.717) is 0 Å². The van der Waals surface area contributed by atoms with Crippen LogP contribution in [0.5, 0.6) is 0 Å². The Labute approximate surface area is 811 Å². The predicted molar refractivity (Wildman–Crippen MR) is 431 cm³/mol. The van der Waals surface area contributed by atoms with Gasteiger partial charge >= 0.3 is 0 Å². The molecule has 66 atom stereocenters. The molecule has 13 heterocycles. The third kappa shape index (κ3) is 22.9. The van der Waals surface area contributed by atoms with Gasteiger partial charge in [-0.1, -0.05) is 0 Å². The number of nitrogens with one attached hydrogen (secondary N) is 1. The standard InChI is InChI=1S/C79H133NO64/c1-14-26(29(94)44(109)68(121-14)133-56-17(4-83)124-71(46(111)33(56)98)136-59-20(7-86)127-74(49(114)36(59)101)139-61-22(9-88)128-73(50(115)38(61)103)137-58-19(6-85)125-70(47(112)35(58)100)134-55-16(3-82)122-67(120)43(108)32(55)97)80-27-30(95)42(107)66(79(13-92)65(27)144-79)143-78-54(119)41(106)64(25(12-91)132-78)142-77-53(118)40(105)63(24(11-90)131-77)141-76-52(117)39(104)62(23(10-89)130-76)140-75-51(116)37(102)60(21(8-87)129-75)138-72-48(113)34(99)57(18(5-84)126-72)135-69-45(110)31(96)28(93)15(2-81)123-69/h14-78,80-120H,2-13H2,1H3. The quantitative estimate of drug-likeness (QED) is 0.0259. The van der Waals surface area contributed by atoms with Crippen LogP contribution in [0.4, 0.5) is 0 Å². The fourth-order valence-corrected chi connectivity index (χ4v) is 20.0. The zero-order valence-corrected chi connectivity index (χ0v) is 75.7. The number of ether oxygens (including phenoxy) is 24. The van der Waals surface area contributed by atoms with Crippen LogP contribution in [0.2, 0.25) is 0 Å². The Hall–Kier alpha value is -2.60. The smallest absolute Gasteiger partial charge is 0.187 e. The van der Waals surface area contributed by atoms with Gasteiger partial charge in [-0.2, -0.15) is 0 Å². The van der Waals surface area contributed by atoms with Crippen molar-refractivity contribution in [2.75, 3.05) is 79.3 Å². The van der Waals surface area contributed by atoms with E-state index in [4.69, 9.17) is 114 Å². The molecule has 0 aromatic rings. The number of aliphatic hydroxyl groups is 40. The Bertz CT molecular complexity index is 3890. The second kappa shape index (κ2) is 49.2. The summed E-state index contributed by atoms with van der Waals surface area (Å²) < 4.78 is 136. The van der Waals surface area contributed by atoms with Crippen molar-refractivity contribution >= 4 is 0 Å². The Morgan fingerprint density at radius 2 is 0.375 bits per heavy atom. The molecule has 0 spiro atoms. The summed E-state index contributed by atoms with van der Waals surface area (Å²) in [6.07, 6.45) is -127. The lowest BCUT2D eigenvalue weighted by atomic mass is 9.78. The highest BCUT2D eigenvalue weighted by molar-refractivity contribution is 5.23.